The molecule has 4 rings (SSSR count). The van der Waals surface area contributed by atoms with Gasteiger partial charge in [0.25, 0.3) is 0 Å². The molecule has 0 spiro atoms. The van der Waals surface area contributed by atoms with E-state index in [9.17, 15) is 14.4 Å². The zero-order valence-corrected chi connectivity index (χ0v) is 14.1. The van der Waals surface area contributed by atoms with E-state index in [1.165, 1.54) is 4.31 Å². The van der Waals surface area contributed by atoms with E-state index in [1.807, 2.05) is 30.3 Å². The normalized spacial score (nSPS) is 19.8. The Labute approximate surface area is 142 Å². The number of nitrogens with zero attached hydrogens (tertiary/aromatic N) is 4. The molecule has 0 saturated heterocycles. The molecule has 2 heterocycles. The summed E-state index contributed by atoms with van der Waals surface area (Å²) < 4.78 is 24.3. The molecule has 1 aromatic heterocycles. The van der Waals surface area contributed by atoms with Gasteiger partial charge in [-0.25, -0.2) is 13.6 Å². The zero-order chi connectivity index (χ0) is 16.9. The van der Waals surface area contributed by atoms with E-state index >= 15 is 0 Å². The predicted octanol–water partition coefficient (Wildman–Crippen LogP) is 3.87. The van der Waals surface area contributed by atoms with Gasteiger partial charge in [-0.1, -0.05) is 18.2 Å². The Kier molecular flexibility index (Phi) is 3.42. The van der Waals surface area contributed by atoms with Crippen molar-refractivity contribution in [1.82, 2.24) is 4.98 Å². The van der Waals surface area contributed by atoms with Crippen molar-refractivity contribution >= 4 is 22.5 Å². The molecule has 1 aliphatic carbocycles. The monoisotopic (exact) mass is 342 g/mol. The smallest absolute Gasteiger partial charge is 0.174 e. The first-order valence-electron chi connectivity index (χ1n) is 7.82. The molecular weight excluding hydrogens is 324 g/mol. The van der Waals surface area contributed by atoms with Crippen molar-refractivity contribution in [3.8, 4) is 17.3 Å². The average Bonchev–Trinajstić information content (AvgIpc) is 3.39. The predicted molar refractivity (Wildman–Crippen MR) is 95.7 cm³/mol. The maximum Gasteiger partial charge on any atom is 0.174 e. The van der Waals surface area contributed by atoms with Crippen molar-refractivity contribution < 1.29 is 9.11 Å². The van der Waals surface area contributed by atoms with E-state index in [4.69, 9.17) is 0 Å². The lowest BCUT2D eigenvalue weighted by Gasteiger charge is -2.41. The molecule has 24 heavy (non-hydrogen) atoms. The average molecular weight is 342 g/mol. The lowest BCUT2D eigenvalue weighted by molar-refractivity contribution is 0.481. The number of nitriles is 1. The number of hydrogen-bond donors (Lipinski definition) is 2. The van der Waals surface area contributed by atoms with Gasteiger partial charge in [0.05, 0.1) is 17.3 Å². The van der Waals surface area contributed by atoms with E-state index in [1.54, 1.807) is 17.4 Å². The van der Waals surface area contributed by atoms with Gasteiger partial charge in [0.1, 0.15) is 5.69 Å². The van der Waals surface area contributed by atoms with Crippen LogP contribution in [0, 0.1) is 17.2 Å². The SMILES string of the molecule is CN1c2nc(-c3ccccc3C#N)ccc2N(CC2CC2)S1(O)O. The maximum atomic E-state index is 10.6. The summed E-state index contributed by atoms with van der Waals surface area (Å²) in [5.41, 5.74) is 2.68. The highest BCUT2D eigenvalue weighted by atomic mass is 32.3. The van der Waals surface area contributed by atoms with Crippen LogP contribution in [0.4, 0.5) is 11.5 Å². The van der Waals surface area contributed by atoms with Gasteiger partial charge in [-0.2, -0.15) is 5.26 Å². The largest absolute Gasteiger partial charge is 0.264 e. The van der Waals surface area contributed by atoms with E-state index in [0.717, 1.165) is 24.1 Å². The van der Waals surface area contributed by atoms with E-state index in [0.29, 0.717) is 29.5 Å². The van der Waals surface area contributed by atoms with Crippen molar-refractivity contribution in [2.24, 2.45) is 5.92 Å². The van der Waals surface area contributed by atoms with Crippen molar-refractivity contribution in [1.29, 1.82) is 5.26 Å². The van der Waals surface area contributed by atoms with Gasteiger partial charge in [0.2, 0.25) is 0 Å². The lowest BCUT2D eigenvalue weighted by atomic mass is 10.0. The molecule has 7 heteroatoms. The summed E-state index contributed by atoms with van der Waals surface area (Å²) in [5.74, 6) is 1.07. The molecule has 2 N–H and O–H groups in total. The number of hydrogen-bond acceptors (Lipinski definition) is 6. The van der Waals surface area contributed by atoms with E-state index in [-0.39, 0.29) is 0 Å². The van der Waals surface area contributed by atoms with Gasteiger partial charge in [-0.05, 0) is 47.9 Å². The Bertz CT molecular complexity index is 845. The summed E-state index contributed by atoms with van der Waals surface area (Å²) in [5, 5.41) is 9.28. The summed E-state index contributed by atoms with van der Waals surface area (Å²) in [6, 6.07) is 13.2. The topological polar surface area (TPSA) is 83.6 Å². The number of anilines is 2. The third-order valence-electron chi connectivity index (χ3n) is 4.53. The van der Waals surface area contributed by atoms with E-state index < -0.39 is 11.0 Å². The van der Waals surface area contributed by atoms with Crippen LogP contribution in [0.15, 0.2) is 36.4 Å². The van der Waals surface area contributed by atoms with Gasteiger partial charge in [-0.15, -0.1) is 0 Å². The van der Waals surface area contributed by atoms with Crippen LogP contribution in [0.2, 0.25) is 0 Å². The minimum atomic E-state index is -3.06. The third-order valence-corrected chi connectivity index (χ3v) is 6.37. The minimum absolute atomic E-state index is 0.523. The quantitative estimate of drug-likeness (QED) is 0.881. The molecule has 1 saturated carbocycles. The third kappa shape index (κ3) is 2.31. The Morgan fingerprint density at radius 2 is 2.00 bits per heavy atom. The fourth-order valence-corrected chi connectivity index (χ4v) is 4.43. The van der Waals surface area contributed by atoms with Gasteiger partial charge in [-0.3, -0.25) is 9.11 Å². The van der Waals surface area contributed by atoms with E-state index in [2.05, 4.69) is 11.1 Å². The Hall–Kier alpha value is -2.27. The first kappa shape index (κ1) is 15.3. The number of fused-ring (bicyclic) bond motifs is 1. The Morgan fingerprint density at radius 3 is 2.71 bits per heavy atom. The summed E-state index contributed by atoms with van der Waals surface area (Å²) in [6.07, 6.45) is 2.26. The van der Waals surface area contributed by atoms with Crippen LogP contribution in [0.25, 0.3) is 11.3 Å². The van der Waals surface area contributed by atoms with Crippen LogP contribution >= 0.6 is 11.0 Å². The second-order valence-corrected chi connectivity index (χ2v) is 8.16. The maximum absolute atomic E-state index is 10.6. The molecule has 0 bridgehead atoms. The minimum Gasteiger partial charge on any atom is -0.264 e. The molecule has 0 atom stereocenters. The molecule has 0 radical (unpaired) electrons. The highest BCUT2D eigenvalue weighted by Crippen LogP contribution is 2.60. The lowest BCUT2D eigenvalue weighted by Crippen LogP contribution is -2.32. The van der Waals surface area contributed by atoms with Gasteiger partial charge in [0, 0.05) is 19.2 Å². The second-order valence-electron chi connectivity index (χ2n) is 6.19. The number of aromatic nitrogens is 1. The molecular formula is C17H18N4O2S. The Balaban J connectivity index is 1.79. The number of rotatable bonds is 3. The van der Waals surface area contributed by atoms with Gasteiger partial charge >= 0.3 is 0 Å². The zero-order valence-electron chi connectivity index (χ0n) is 13.3. The molecule has 6 nitrogen and oxygen atoms in total. The summed E-state index contributed by atoms with van der Waals surface area (Å²) in [6.45, 7) is 0.634. The molecule has 1 fully saturated rings. The summed E-state index contributed by atoms with van der Waals surface area (Å²) in [4.78, 5) is 4.62. The number of benzene rings is 1. The highest BCUT2D eigenvalue weighted by molar-refractivity contribution is 8.26. The standard InChI is InChI=1S/C17H18N4O2S/c1-20-17-16(21(24(20,22)23)11-12-6-7-12)9-8-15(19-17)14-5-3-2-4-13(14)10-18/h2-5,8-9,12,22-23H,6-7,11H2,1H3. The molecule has 1 aliphatic heterocycles. The van der Waals surface area contributed by atoms with Crippen molar-refractivity contribution in [2.75, 3.05) is 22.2 Å². The van der Waals surface area contributed by atoms with Crippen LogP contribution < -0.4 is 8.61 Å². The molecule has 2 aliphatic rings. The molecule has 124 valence electrons. The van der Waals surface area contributed by atoms with Crippen molar-refractivity contribution in [2.45, 2.75) is 12.8 Å². The first-order valence-corrected chi connectivity index (χ1v) is 9.29. The molecule has 1 aromatic carbocycles. The van der Waals surface area contributed by atoms with Gasteiger partial charge in [0.15, 0.2) is 5.82 Å². The molecule has 0 amide bonds. The summed E-state index contributed by atoms with van der Waals surface area (Å²) >= 11 is 0. The van der Waals surface area contributed by atoms with Crippen LogP contribution in [0.1, 0.15) is 18.4 Å². The van der Waals surface area contributed by atoms with Crippen LogP contribution in [0.3, 0.4) is 0 Å². The fourth-order valence-electron chi connectivity index (χ4n) is 2.95. The molecule has 2 aromatic rings. The van der Waals surface area contributed by atoms with Crippen LogP contribution in [-0.2, 0) is 0 Å². The van der Waals surface area contributed by atoms with Crippen LogP contribution in [-0.4, -0.2) is 27.7 Å². The van der Waals surface area contributed by atoms with Crippen LogP contribution in [0.5, 0.6) is 0 Å². The first-order chi connectivity index (χ1) is 11.5. The second kappa shape index (κ2) is 5.38. The van der Waals surface area contributed by atoms with Crippen molar-refractivity contribution in [3.63, 3.8) is 0 Å². The Morgan fingerprint density at radius 1 is 1.25 bits per heavy atom. The fraction of sp³-hybridized carbons (Fsp3) is 0.294. The van der Waals surface area contributed by atoms with Crippen molar-refractivity contribution in [3.05, 3.63) is 42.0 Å². The van der Waals surface area contributed by atoms with Gasteiger partial charge < -0.3 is 0 Å². The molecule has 0 unspecified atom stereocenters. The highest BCUT2D eigenvalue weighted by Gasteiger charge is 2.42. The number of pyridine rings is 1. The summed E-state index contributed by atoms with van der Waals surface area (Å²) in [7, 11) is -1.41.